The summed E-state index contributed by atoms with van der Waals surface area (Å²) in [4.78, 5) is 23.0. The van der Waals surface area contributed by atoms with Crippen molar-refractivity contribution < 1.29 is 37.3 Å². The number of rotatable bonds is 49. The molecular formula is C50H103NO7P+. The molecule has 0 saturated heterocycles. The van der Waals surface area contributed by atoms with Gasteiger partial charge < -0.3 is 18.9 Å². The first-order valence-electron chi connectivity index (χ1n) is 25.8. The summed E-state index contributed by atoms with van der Waals surface area (Å²) in [5.41, 5.74) is 0. The molecule has 0 bridgehead atoms. The lowest BCUT2D eigenvalue weighted by Gasteiger charge is -2.24. The minimum Gasteiger partial charge on any atom is -0.457 e. The maximum Gasteiger partial charge on any atom is 0.472 e. The smallest absolute Gasteiger partial charge is 0.457 e. The molecule has 0 heterocycles. The van der Waals surface area contributed by atoms with Crippen molar-refractivity contribution in [1.29, 1.82) is 0 Å². The Balaban J connectivity index is 4.05. The number of hydrogen-bond donors (Lipinski definition) is 1. The number of unbranched alkanes of at least 4 members (excludes halogenated alkanes) is 35. The number of carbonyl (C=O) groups excluding carboxylic acids is 1. The zero-order valence-corrected chi connectivity index (χ0v) is 41.2. The molecule has 0 saturated carbocycles. The molecule has 0 spiro atoms. The van der Waals surface area contributed by atoms with E-state index in [1.165, 1.54) is 205 Å². The van der Waals surface area contributed by atoms with E-state index in [4.69, 9.17) is 18.5 Å². The number of phosphoric ester groups is 1. The molecule has 354 valence electrons. The van der Waals surface area contributed by atoms with Gasteiger partial charge in [0, 0.05) is 13.0 Å². The molecule has 59 heavy (non-hydrogen) atoms. The average Bonchev–Trinajstić information content (AvgIpc) is 3.19. The lowest BCUT2D eigenvalue weighted by molar-refractivity contribution is -0.870. The molecule has 9 heteroatoms. The van der Waals surface area contributed by atoms with Gasteiger partial charge in [0.15, 0.2) is 0 Å². The van der Waals surface area contributed by atoms with Crippen LogP contribution in [0.3, 0.4) is 0 Å². The molecule has 2 atom stereocenters. The zero-order chi connectivity index (χ0) is 43.4. The van der Waals surface area contributed by atoms with E-state index in [1.54, 1.807) is 0 Å². The van der Waals surface area contributed by atoms with E-state index < -0.39 is 13.9 Å². The van der Waals surface area contributed by atoms with Crippen molar-refractivity contribution in [2.75, 3.05) is 54.1 Å². The van der Waals surface area contributed by atoms with E-state index >= 15 is 0 Å². The third kappa shape index (κ3) is 48.4. The molecule has 0 aromatic carbocycles. The van der Waals surface area contributed by atoms with Gasteiger partial charge in [0.05, 0.1) is 34.4 Å². The van der Waals surface area contributed by atoms with Crippen molar-refractivity contribution in [3.8, 4) is 0 Å². The minimum absolute atomic E-state index is 0.0942. The number of phosphoric acid groups is 1. The van der Waals surface area contributed by atoms with Crippen LogP contribution < -0.4 is 0 Å². The molecule has 0 aromatic heterocycles. The highest BCUT2D eigenvalue weighted by atomic mass is 31.2. The fraction of sp³-hybridized carbons (Fsp3) is 0.980. The molecule has 0 aromatic rings. The van der Waals surface area contributed by atoms with Crippen molar-refractivity contribution in [2.45, 2.75) is 264 Å². The Morgan fingerprint density at radius 3 is 1.12 bits per heavy atom. The Hall–Kier alpha value is -0.500. The zero-order valence-electron chi connectivity index (χ0n) is 40.3. The molecule has 8 nitrogen and oxygen atoms in total. The number of hydrogen-bond acceptors (Lipinski definition) is 6. The summed E-state index contributed by atoms with van der Waals surface area (Å²) < 4.78 is 35.2. The highest BCUT2D eigenvalue weighted by molar-refractivity contribution is 7.47. The second kappa shape index (κ2) is 44.1. The van der Waals surface area contributed by atoms with Crippen LogP contribution in [0.25, 0.3) is 0 Å². The fourth-order valence-corrected chi connectivity index (χ4v) is 8.42. The van der Waals surface area contributed by atoms with Gasteiger partial charge in [-0.15, -0.1) is 0 Å². The number of nitrogens with zero attached hydrogens (tertiary/aromatic N) is 1. The molecule has 0 radical (unpaired) electrons. The van der Waals surface area contributed by atoms with Gasteiger partial charge in [0.25, 0.3) is 0 Å². The molecule has 0 amide bonds. The Bertz CT molecular complexity index is 914. The number of ether oxygens (including phenoxy) is 2. The highest BCUT2D eigenvalue weighted by Gasteiger charge is 2.26. The fourth-order valence-electron chi connectivity index (χ4n) is 7.67. The van der Waals surface area contributed by atoms with Crippen molar-refractivity contribution >= 4 is 13.8 Å². The van der Waals surface area contributed by atoms with Gasteiger partial charge in [-0.05, 0) is 12.8 Å². The maximum absolute atomic E-state index is 12.7. The molecular weight excluding hydrogens is 758 g/mol. The first-order valence-corrected chi connectivity index (χ1v) is 27.3. The van der Waals surface area contributed by atoms with Crippen LogP contribution in [0.2, 0.25) is 0 Å². The van der Waals surface area contributed by atoms with Crippen LogP contribution in [0.1, 0.15) is 258 Å². The van der Waals surface area contributed by atoms with Crippen molar-refractivity contribution in [3.63, 3.8) is 0 Å². The van der Waals surface area contributed by atoms with Gasteiger partial charge in [0.2, 0.25) is 0 Å². The molecule has 0 rings (SSSR count). The summed E-state index contributed by atoms with van der Waals surface area (Å²) in [6.45, 7) is 5.70. The molecule has 0 aliphatic carbocycles. The van der Waals surface area contributed by atoms with Crippen LogP contribution in [0.5, 0.6) is 0 Å². The van der Waals surface area contributed by atoms with E-state index in [0.29, 0.717) is 24.1 Å². The second-order valence-corrected chi connectivity index (χ2v) is 20.4. The van der Waals surface area contributed by atoms with E-state index in [2.05, 4.69) is 13.8 Å². The second-order valence-electron chi connectivity index (χ2n) is 18.9. The van der Waals surface area contributed by atoms with E-state index in [9.17, 15) is 14.3 Å². The van der Waals surface area contributed by atoms with E-state index in [0.717, 1.165) is 32.1 Å². The molecule has 2 unspecified atom stereocenters. The number of likely N-dealkylation sites (N-methyl/N-ethyl adjacent to an activating group) is 1. The van der Waals surface area contributed by atoms with E-state index in [-0.39, 0.29) is 25.8 Å². The summed E-state index contributed by atoms with van der Waals surface area (Å²) in [6, 6.07) is 0. The third-order valence-corrected chi connectivity index (χ3v) is 12.7. The normalized spacial score (nSPS) is 13.5. The van der Waals surface area contributed by atoms with Gasteiger partial charge in [0.1, 0.15) is 19.3 Å². The van der Waals surface area contributed by atoms with Gasteiger partial charge in [-0.25, -0.2) is 4.57 Å². The van der Waals surface area contributed by atoms with Gasteiger partial charge >= 0.3 is 13.8 Å². The largest absolute Gasteiger partial charge is 0.472 e. The summed E-state index contributed by atoms with van der Waals surface area (Å²) in [5.74, 6) is -0.306. The SMILES string of the molecule is CCCCCCCCCCCCCCCCCCCCCCCCOCC(COP(=O)(O)OCC[N+](C)(C)C)OC(=O)CCCCCCCCCCCCCCCCC. The quantitative estimate of drug-likeness (QED) is 0.0282. The molecule has 1 N–H and O–H groups in total. The predicted octanol–water partition coefficient (Wildman–Crippen LogP) is 15.6. The van der Waals surface area contributed by atoms with Crippen molar-refractivity contribution in [3.05, 3.63) is 0 Å². The maximum atomic E-state index is 12.7. The van der Waals surface area contributed by atoms with Crippen molar-refractivity contribution in [2.24, 2.45) is 0 Å². The highest BCUT2D eigenvalue weighted by Crippen LogP contribution is 2.43. The first kappa shape index (κ1) is 58.5. The molecule has 0 fully saturated rings. The van der Waals surface area contributed by atoms with Gasteiger partial charge in [-0.3, -0.25) is 13.8 Å². The topological polar surface area (TPSA) is 91.3 Å². The molecule has 0 aliphatic rings. The summed E-state index contributed by atoms with van der Waals surface area (Å²) in [5, 5.41) is 0. The van der Waals surface area contributed by atoms with Crippen LogP contribution in [0.4, 0.5) is 0 Å². The summed E-state index contributed by atoms with van der Waals surface area (Å²) in [7, 11) is 1.69. The molecule has 0 aliphatic heterocycles. The summed E-state index contributed by atoms with van der Waals surface area (Å²) >= 11 is 0. The number of esters is 1. The third-order valence-electron chi connectivity index (χ3n) is 11.7. The lowest BCUT2D eigenvalue weighted by atomic mass is 10.0. The monoisotopic (exact) mass is 861 g/mol. The van der Waals surface area contributed by atoms with Crippen molar-refractivity contribution in [1.82, 2.24) is 0 Å². The first-order chi connectivity index (χ1) is 28.6. The predicted molar refractivity (Wildman–Crippen MR) is 252 cm³/mol. The van der Waals surface area contributed by atoms with Crippen LogP contribution >= 0.6 is 7.82 Å². The Morgan fingerprint density at radius 1 is 0.458 bits per heavy atom. The Kier molecular flexibility index (Phi) is 43.7. The van der Waals surface area contributed by atoms with Crippen LogP contribution in [-0.2, 0) is 27.9 Å². The average molecular weight is 861 g/mol. The Morgan fingerprint density at radius 2 is 0.780 bits per heavy atom. The number of carbonyl (C=O) groups is 1. The van der Waals surface area contributed by atoms with Crippen LogP contribution in [0.15, 0.2) is 0 Å². The van der Waals surface area contributed by atoms with Gasteiger partial charge in [-0.2, -0.15) is 0 Å². The van der Waals surface area contributed by atoms with Crippen LogP contribution in [0, 0.1) is 0 Å². The van der Waals surface area contributed by atoms with E-state index in [1.807, 2.05) is 21.1 Å². The Labute approximate surface area is 368 Å². The lowest BCUT2D eigenvalue weighted by Crippen LogP contribution is -2.37. The minimum atomic E-state index is -4.27. The van der Waals surface area contributed by atoms with Crippen LogP contribution in [-0.4, -0.2) is 75.6 Å². The number of quaternary nitrogens is 1. The standard InChI is InChI=1S/C50H102NO7P/c1-6-8-10-12-14-16-18-20-22-23-24-25-26-27-28-30-32-34-36-38-40-42-45-55-47-49(48-57-59(53,54)56-46-44-51(3,4)5)58-50(52)43-41-39-37-35-33-31-29-21-19-17-15-13-11-9-7-2/h49H,6-48H2,1-5H3/p+1. The van der Waals surface area contributed by atoms with Gasteiger partial charge in [-0.1, -0.05) is 239 Å². The summed E-state index contributed by atoms with van der Waals surface area (Å²) in [6.07, 6.45) is 48.6.